The SMILES string of the molecule is CNCC(O)C(c1ccccc1)N(C)c1cccc(C)c1.Cl. The highest BCUT2D eigenvalue weighted by molar-refractivity contribution is 5.85. The first-order valence-electron chi connectivity index (χ1n) is 7.30. The molecule has 2 N–H and O–H groups in total. The van der Waals surface area contributed by atoms with Crippen LogP contribution in [0.3, 0.4) is 0 Å². The van der Waals surface area contributed by atoms with Crippen LogP contribution >= 0.6 is 12.4 Å². The molecule has 2 atom stereocenters. The first-order chi connectivity index (χ1) is 10.1. The third-order valence-electron chi connectivity index (χ3n) is 3.75. The summed E-state index contributed by atoms with van der Waals surface area (Å²) in [5.74, 6) is 0. The minimum Gasteiger partial charge on any atom is -0.389 e. The second kappa shape index (κ2) is 8.79. The molecule has 0 amide bonds. The van der Waals surface area contributed by atoms with Crippen molar-refractivity contribution < 1.29 is 5.11 Å². The molecule has 0 aliphatic heterocycles. The lowest BCUT2D eigenvalue weighted by molar-refractivity contribution is 0.142. The van der Waals surface area contributed by atoms with Gasteiger partial charge in [-0.3, -0.25) is 0 Å². The number of aliphatic hydroxyl groups excluding tert-OH is 1. The van der Waals surface area contributed by atoms with Crippen molar-refractivity contribution in [1.29, 1.82) is 0 Å². The van der Waals surface area contributed by atoms with Crippen LogP contribution in [0, 0.1) is 6.92 Å². The number of nitrogens with zero attached hydrogens (tertiary/aromatic N) is 1. The molecule has 22 heavy (non-hydrogen) atoms. The van der Waals surface area contributed by atoms with Gasteiger partial charge in [0, 0.05) is 19.3 Å². The number of nitrogens with one attached hydrogen (secondary N) is 1. The van der Waals surface area contributed by atoms with Crippen molar-refractivity contribution in [2.75, 3.05) is 25.5 Å². The van der Waals surface area contributed by atoms with E-state index in [0.29, 0.717) is 6.54 Å². The Kier molecular flexibility index (Phi) is 7.39. The van der Waals surface area contributed by atoms with E-state index < -0.39 is 6.10 Å². The van der Waals surface area contributed by atoms with Crippen molar-refractivity contribution in [3.05, 3.63) is 65.7 Å². The molecular weight excluding hydrogens is 296 g/mol. The molecule has 0 spiro atoms. The molecule has 120 valence electrons. The van der Waals surface area contributed by atoms with E-state index in [1.54, 1.807) is 0 Å². The zero-order valence-corrected chi connectivity index (χ0v) is 14.2. The standard InChI is InChI=1S/C18H24N2O.ClH/c1-14-8-7-11-16(12-14)20(3)18(17(21)13-19-2)15-9-5-4-6-10-15;/h4-12,17-19,21H,13H2,1-3H3;1H. The summed E-state index contributed by atoms with van der Waals surface area (Å²) in [7, 11) is 3.89. The molecule has 0 aliphatic rings. The first kappa shape index (κ1) is 18.5. The van der Waals surface area contributed by atoms with Crippen LogP contribution in [0.2, 0.25) is 0 Å². The molecule has 0 radical (unpaired) electrons. The van der Waals surface area contributed by atoms with Gasteiger partial charge >= 0.3 is 0 Å². The topological polar surface area (TPSA) is 35.5 Å². The number of hydrogen-bond acceptors (Lipinski definition) is 3. The van der Waals surface area contributed by atoms with Crippen LogP contribution in [0.4, 0.5) is 5.69 Å². The van der Waals surface area contributed by atoms with Crippen molar-refractivity contribution in [3.8, 4) is 0 Å². The molecule has 2 rings (SSSR count). The molecule has 0 saturated carbocycles. The predicted molar refractivity (Wildman–Crippen MR) is 95.9 cm³/mol. The van der Waals surface area contributed by atoms with Crippen molar-refractivity contribution in [1.82, 2.24) is 5.32 Å². The van der Waals surface area contributed by atoms with E-state index in [4.69, 9.17) is 0 Å². The molecule has 0 fully saturated rings. The Bertz CT molecular complexity index is 562. The molecule has 2 unspecified atom stereocenters. The third-order valence-corrected chi connectivity index (χ3v) is 3.75. The zero-order valence-electron chi connectivity index (χ0n) is 13.4. The van der Waals surface area contributed by atoms with Crippen LogP contribution in [0.15, 0.2) is 54.6 Å². The van der Waals surface area contributed by atoms with Gasteiger partial charge in [0.1, 0.15) is 0 Å². The van der Waals surface area contributed by atoms with Gasteiger partial charge in [-0.25, -0.2) is 0 Å². The molecule has 4 heteroatoms. The van der Waals surface area contributed by atoms with Crippen molar-refractivity contribution >= 4 is 18.1 Å². The summed E-state index contributed by atoms with van der Waals surface area (Å²) >= 11 is 0. The Labute approximate surface area is 139 Å². The van der Waals surface area contributed by atoms with Crippen LogP contribution in [-0.4, -0.2) is 31.9 Å². The van der Waals surface area contributed by atoms with Crippen molar-refractivity contribution in [3.63, 3.8) is 0 Å². The summed E-state index contributed by atoms with van der Waals surface area (Å²) in [5, 5.41) is 13.6. The predicted octanol–water partition coefficient (Wildman–Crippen LogP) is 3.17. The number of benzene rings is 2. The highest BCUT2D eigenvalue weighted by Gasteiger charge is 2.25. The molecule has 0 heterocycles. The fourth-order valence-corrected chi connectivity index (χ4v) is 2.68. The number of rotatable bonds is 6. The fraction of sp³-hybridized carbons (Fsp3) is 0.333. The number of aryl methyl sites for hydroxylation is 1. The lowest BCUT2D eigenvalue weighted by Gasteiger charge is -2.34. The summed E-state index contributed by atoms with van der Waals surface area (Å²) in [5.41, 5.74) is 3.44. The maximum atomic E-state index is 10.6. The first-order valence-corrected chi connectivity index (χ1v) is 7.30. The van der Waals surface area contributed by atoms with Gasteiger partial charge < -0.3 is 15.3 Å². The number of anilines is 1. The highest BCUT2D eigenvalue weighted by atomic mass is 35.5. The van der Waals surface area contributed by atoms with E-state index in [2.05, 4.69) is 47.5 Å². The number of likely N-dealkylation sites (N-methyl/N-ethyl adjacent to an activating group) is 2. The third kappa shape index (κ3) is 4.47. The van der Waals surface area contributed by atoms with Crippen LogP contribution < -0.4 is 10.2 Å². The van der Waals surface area contributed by atoms with Gasteiger partial charge in [0.2, 0.25) is 0 Å². The van der Waals surface area contributed by atoms with Gasteiger partial charge in [-0.05, 0) is 37.2 Å². The van der Waals surface area contributed by atoms with E-state index in [1.807, 2.05) is 38.4 Å². The lowest BCUT2D eigenvalue weighted by atomic mass is 9.99. The second-order valence-electron chi connectivity index (χ2n) is 5.43. The van der Waals surface area contributed by atoms with Gasteiger partial charge in [-0.15, -0.1) is 12.4 Å². The zero-order chi connectivity index (χ0) is 15.2. The summed E-state index contributed by atoms with van der Waals surface area (Å²) in [6, 6.07) is 18.4. The molecule has 3 nitrogen and oxygen atoms in total. The van der Waals surface area contributed by atoms with Crippen LogP contribution in [0.25, 0.3) is 0 Å². The normalized spacial score (nSPS) is 13.1. The fourth-order valence-electron chi connectivity index (χ4n) is 2.68. The summed E-state index contributed by atoms with van der Waals surface area (Å²) < 4.78 is 0. The van der Waals surface area contributed by atoms with E-state index in [0.717, 1.165) is 11.3 Å². The molecule has 0 aliphatic carbocycles. The van der Waals surface area contributed by atoms with Gasteiger partial charge in [-0.1, -0.05) is 42.5 Å². The summed E-state index contributed by atoms with van der Waals surface area (Å²) in [6.07, 6.45) is -0.483. The number of halogens is 1. The Morgan fingerprint density at radius 3 is 2.36 bits per heavy atom. The van der Waals surface area contributed by atoms with E-state index in [9.17, 15) is 5.11 Å². The number of hydrogen-bond donors (Lipinski definition) is 2. The molecule has 0 saturated heterocycles. The van der Waals surface area contributed by atoms with Gasteiger partial charge in [-0.2, -0.15) is 0 Å². The number of aliphatic hydroxyl groups is 1. The summed E-state index contributed by atoms with van der Waals surface area (Å²) in [6.45, 7) is 2.63. The Morgan fingerprint density at radius 2 is 1.77 bits per heavy atom. The Balaban J connectivity index is 0.00000242. The minimum atomic E-state index is -0.483. The largest absolute Gasteiger partial charge is 0.389 e. The van der Waals surface area contributed by atoms with Crippen LogP contribution in [0.1, 0.15) is 17.2 Å². The Hall–Kier alpha value is -1.55. The monoisotopic (exact) mass is 320 g/mol. The quantitative estimate of drug-likeness (QED) is 0.858. The van der Waals surface area contributed by atoms with Crippen molar-refractivity contribution in [2.45, 2.75) is 19.1 Å². The lowest BCUT2D eigenvalue weighted by Crippen LogP contribution is -2.39. The van der Waals surface area contributed by atoms with Gasteiger partial charge in [0.05, 0.1) is 12.1 Å². The average Bonchev–Trinajstić information content (AvgIpc) is 2.49. The van der Waals surface area contributed by atoms with E-state index in [1.165, 1.54) is 5.56 Å². The minimum absolute atomic E-state index is 0. The molecular formula is C18H25ClN2O. The molecule has 0 bridgehead atoms. The molecule has 2 aromatic rings. The second-order valence-corrected chi connectivity index (χ2v) is 5.43. The average molecular weight is 321 g/mol. The molecule has 0 aromatic heterocycles. The van der Waals surface area contributed by atoms with Crippen LogP contribution in [-0.2, 0) is 0 Å². The van der Waals surface area contributed by atoms with Crippen LogP contribution in [0.5, 0.6) is 0 Å². The van der Waals surface area contributed by atoms with Crippen molar-refractivity contribution in [2.24, 2.45) is 0 Å². The molecule has 2 aromatic carbocycles. The van der Waals surface area contributed by atoms with Gasteiger partial charge in [0.25, 0.3) is 0 Å². The highest BCUT2D eigenvalue weighted by Crippen LogP contribution is 2.28. The Morgan fingerprint density at radius 1 is 1.09 bits per heavy atom. The smallest absolute Gasteiger partial charge is 0.0909 e. The maximum Gasteiger partial charge on any atom is 0.0909 e. The summed E-state index contributed by atoms with van der Waals surface area (Å²) in [4.78, 5) is 2.14. The van der Waals surface area contributed by atoms with Gasteiger partial charge in [0.15, 0.2) is 0 Å². The van der Waals surface area contributed by atoms with E-state index >= 15 is 0 Å². The maximum absolute atomic E-state index is 10.6. The van der Waals surface area contributed by atoms with E-state index in [-0.39, 0.29) is 18.4 Å².